The van der Waals surface area contributed by atoms with E-state index in [4.69, 9.17) is 4.74 Å². The van der Waals surface area contributed by atoms with Gasteiger partial charge in [-0.15, -0.1) is 0 Å². The van der Waals surface area contributed by atoms with Crippen LogP contribution in [0.2, 0.25) is 0 Å². The van der Waals surface area contributed by atoms with Gasteiger partial charge in [0.15, 0.2) is 0 Å². The maximum absolute atomic E-state index is 12.8. The first-order valence-electron chi connectivity index (χ1n) is 7.96. The number of amides is 2. The Kier molecular flexibility index (Phi) is 5.08. The van der Waals surface area contributed by atoms with Crippen molar-refractivity contribution in [2.75, 3.05) is 26.2 Å². The number of rotatable bonds is 4. The van der Waals surface area contributed by atoms with Crippen LogP contribution in [0.25, 0.3) is 0 Å². The number of carboxylic acid groups (broad SMARTS) is 1. The fourth-order valence-electron chi connectivity index (χ4n) is 3.55. The van der Waals surface area contributed by atoms with Crippen LogP contribution >= 0.6 is 0 Å². The summed E-state index contributed by atoms with van der Waals surface area (Å²) in [6.07, 6.45) is 3.72. The quantitative estimate of drug-likeness (QED) is 0.861. The van der Waals surface area contributed by atoms with Crippen molar-refractivity contribution < 1.29 is 19.4 Å². The summed E-state index contributed by atoms with van der Waals surface area (Å²) in [5, 5.41) is 9.58. The molecule has 0 aromatic carbocycles. The van der Waals surface area contributed by atoms with Gasteiger partial charge in [0.25, 0.3) is 0 Å². The summed E-state index contributed by atoms with van der Waals surface area (Å²) in [5.74, 6) is -0.880. The molecule has 2 unspecified atom stereocenters. The highest BCUT2D eigenvalue weighted by molar-refractivity contribution is 5.87. The molecule has 120 valence electrons. The molecule has 6 nitrogen and oxygen atoms in total. The molecule has 2 aliphatic rings. The summed E-state index contributed by atoms with van der Waals surface area (Å²) in [7, 11) is 0. The number of hydrogen-bond donors (Lipinski definition) is 1. The molecule has 0 aliphatic carbocycles. The summed E-state index contributed by atoms with van der Waals surface area (Å²) in [4.78, 5) is 27.8. The molecule has 2 aliphatic heterocycles. The highest BCUT2D eigenvalue weighted by Gasteiger charge is 2.49. The molecule has 2 saturated heterocycles. The van der Waals surface area contributed by atoms with E-state index in [1.54, 1.807) is 9.80 Å². The monoisotopic (exact) mass is 298 g/mol. The largest absolute Gasteiger partial charge is 0.479 e. The van der Waals surface area contributed by atoms with E-state index in [-0.39, 0.29) is 12.1 Å². The Bertz CT molecular complexity index is 399. The summed E-state index contributed by atoms with van der Waals surface area (Å²) in [6, 6.07) is -0.138. The van der Waals surface area contributed by atoms with Gasteiger partial charge in [-0.1, -0.05) is 6.92 Å². The van der Waals surface area contributed by atoms with Gasteiger partial charge in [0, 0.05) is 26.2 Å². The Morgan fingerprint density at radius 3 is 2.67 bits per heavy atom. The molecule has 0 aromatic rings. The van der Waals surface area contributed by atoms with Crippen molar-refractivity contribution in [2.24, 2.45) is 0 Å². The summed E-state index contributed by atoms with van der Waals surface area (Å²) in [6.45, 7) is 6.24. The smallest absolute Gasteiger partial charge is 0.329 e. The van der Waals surface area contributed by atoms with E-state index in [2.05, 4.69) is 0 Å². The minimum absolute atomic E-state index is 0.0798. The normalized spacial score (nSPS) is 29.7. The zero-order valence-corrected chi connectivity index (χ0v) is 13.0. The lowest BCUT2D eigenvalue weighted by atomic mass is 9.93. The molecule has 2 fully saturated rings. The fourth-order valence-corrected chi connectivity index (χ4v) is 3.55. The average Bonchev–Trinajstić information content (AvgIpc) is 2.92. The number of carbonyl (C=O) groups excluding carboxylic acids is 1. The second kappa shape index (κ2) is 6.64. The lowest BCUT2D eigenvalue weighted by Gasteiger charge is -2.40. The Hall–Kier alpha value is -1.30. The van der Waals surface area contributed by atoms with Gasteiger partial charge < -0.3 is 19.6 Å². The first-order chi connectivity index (χ1) is 10.0. The molecule has 2 atom stereocenters. The number of nitrogens with zero attached hydrogens (tertiary/aromatic N) is 2. The first-order valence-corrected chi connectivity index (χ1v) is 7.96. The van der Waals surface area contributed by atoms with E-state index in [1.165, 1.54) is 0 Å². The van der Waals surface area contributed by atoms with Crippen LogP contribution in [0, 0.1) is 0 Å². The van der Waals surface area contributed by atoms with E-state index < -0.39 is 11.5 Å². The number of piperidine rings is 1. The molecule has 21 heavy (non-hydrogen) atoms. The van der Waals surface area contributed by atoms with Crippen molar-refractivity contribution in [3.8, 4) is 0 Å². The van der Waals surface area contributed by atoms with Gasteiger partial charge in [0.2, 0.25) is 0 Å². The van der Waals surface area contributed by atoms with Crippen LogP contribution in [0.15, 0.2) is 0 Å². The van der Waals surface area contributed by atoms with Crippen LogP contribution in [0.4, 0.5) is 4.79 Å². The highest BCUT2D eigenvalue weighted by Crippen LogP contribution is 2.34. The lowest BCUT2D eigenvalue weighted by Crippen LogP contribution is -2.58. The zero-order chi connectivity index (χ0) is 15.5. The van der Waals surface area contributed by atoms with E-state index >= 15 is 0 Å². The van der Waals surface area contributed by atoms with E-state index in [0.29, 0.717) is 39.1 Å². The van der Waals surface area contributed by atoms with Gasteiger partial charge in [-0.2, -0.15) is 0 Å². The van der Waals surface area contributed by atoms with Gasteiger partial charge in [-0.05, 0) is 39.0 Å². The minimum atomic E-state index is -1.02. The molecule has 2 heterocycles. The molecule has 0 radical (unpaired) electrons. The molecule has 0 aromatic heterocycles. The third-order valence-electron chi connectivity index (χ3n) is 4.75. The lowest BCUT2D eigenvalue weighted by molar-refractivity contribution is -0.148. The molecule has 0 bridgehead atoms. The number of carboxylic acids is 1. The van der Waals surface area contributed by atoms with Gasteiger partial charge in [0.05, 0.1) is 6.10 Å². The SMILES string of the molecule is CCOC1CCCN(C(=O)N2CCCC2(CC)C(=O)O)C1. The van der Waals surface area contributed by atoms with Crippen LogP contribution in [-0.2, 0) is 9.53 Å². The Morgan fingerprint density at radius 1 is 1.29 bits per heavy atom. The Labute approximate surface area is 126 Å². The van der Waals surface area contributed by atoms with Gasteiger partial charge in [0.1, 0.15) is 5.54 Å². The number of aliphatic carboxylic acids is 1. The van der Waals surface area contributed by atoms with Gasteiger partial charge >= 0.3 is 12.0 Å². The van der Waals surface area contributed by atoms with Crippen LogP contribution < -0.4 is 0 Å². The number of carbonyl (C=O) groups is 2. The topological polar surface area (TPSA) is 70.1 Å². The summed E-state index contributed by atoms with van der Waals surface area (Å²) >= 11 is 0. The second-order valence-corrected chi connectivity index (χ2v) is 5.89. The highest BCUT2D eigenvalue weighted by atomic mass is 16.5. The van der Waals surface area contributed by atoms with Crippen LogP contribution in [-0.4, -0.2) is 64.8 Å². The van der Waals surface area contributed by atoms with Crippen molar-refractivity contribution in [2.45, 2.75) is 57.6 Å². The Morgan fingerprint density at radius 2 is 2.05 bits per heavy atom. The number of hydrogen-bond acceptors (Lipinski definition) is 3. The Balaban J connectivity index is 2.09. The third-order valence-corrected chi connectivity index (χ3v) is 4.75. The zero-order valence-electron chi connectivity index (χ0n) is 13.0. The maximum atomic E-state index is 12.8. The molecule has 0 spiro atoms. The van der Waals surface area contributed by atoms with Gasteiger partial charge in [-0.25, -0.2) is 9.59 Å². The second-order valence-electron chi connectivity index (χ2n) is 5.89. The molecule has 1 N–H and O–H groups in total. The molecular weight excluding hydrogens is 272 g/mol. The number of urea groups is 1. The maximum Gasteiger partial charge on any atom is 0.329 e. The predicted molar refractivity (Wildman–Crippen MR) is 78.2 cm³/mol. The number of likely N-dealkylation sites (tertiary alicyclic amines) is 2. The van der Waals surface area contributed by atoms with Crippen molar-refractivity contribution in [3.05, 3.63) is 0 Å². The molecular formula is C15H26N2O4. The summed E-state index contributed by atoms with van der Waals surface area (Å²) in [5.41, 5.74) is -1.02. The van der Waals surface area contributed by atoms with Crippen molar-refractivity contribution in [3.63, 3.8) is 0 Å². The van der Waals surface area contributed by atoms with Crippen LogP contribution in [0.3, 0.4) is 0 Å². The first kappa shape index (κ1) is 16.1. The summed E-state index contributed by atoms with van der Waals surface area (Å²) < 4.78 is 5.62. The van der Waals surface area contributed by atoms with Crippen LogP contribution in [0.5, 0.6) is 0 Å². The molecule has 2 rings (SSSR count). The predicted octanol–water partition coefficient (Wildman–Crippen LogP) is 1.94. The minimum Gasteiger partial charge on any atom is -0.479 e. The third kappa shape index (κ3) is 3.00. The molecule has 0 saturated carbocycles. The average molecular weight is 298 g/mol. The number of ether oxygens (including phenoxy) is 1. The van der Waals surface area contributed by atoms with Crippen molar-refractivity contribution >= 4 is 12.0 Å². The van der Waals surface area contributed by atoms with Crippen molar-refractivity contribution in [1.29, 1.82) is 0 Å². The van der Waals surface area contributed by atoms with Gasteiger partial charge in [-0.3, -0.25) is 0 Å². The standard InChI is InChI=1S/C15H26N2O4/c1-3-15(13(18)19)8-6-10-17(15)14(20)16-9-5-7-12(11-16)21-4-2/h12H,3-11H2,1-2H3,(H,18,19). The van der Waals surface area contributed by atoms with E-state index in [9.17, 15) is 14.7 Å². The van der Waals surface area contributed by atoms with Crippen LogP contribution in [0.1, 0.15) is 46.0 Å². The molecule has 6 heteroatoms. The fraction of sp³-hybridized carbons (Fsp3) is 0.867. The van der Waals surface area contributed by atoms with E-state index in [1.807, 2.05) is 13.8 Å². The van der Waals surface area contributed by atoms with Crippen molar-refractivity contribution in [1.82, 2.24) is 9.80 Å². The molecule has 2 amide bonds. The van der Waals surface area contributed by atoms with E-state index in [0.717, 1.165) is 19.3 Å².